The van der Waals surface area contributed by atoms with E-state index in [9.17, 15) is 9.90 Å². The molecule has 3 aromatic rings. The van der Waals surface area contributed by atoms with Crippen molar-refractivity contribution in [2.24, 2.45) is 5.73 Å². The van der Waals surface area contributed by atoms with Gasteiger partial charge in [-0.25, -0.2) is 0 Å². The molecular weight excluding hydrogens is 276 g/mol. The average Bonchev–Trinajstić information content (AvgIpc) is 2.56. The first kappa shape index (κ1) is 14.2. The standard InChI is InChI=1S/C18H16N2O2/c19-17(18(21)22)16(12-6-2-1-3-7-12)14-10-11-20-15-9-5-4-8-13(14)15/h1-11,16-17H,19H2,(H,21,22)/t16?,17-/m1/s1. The topological polar surface area (TPSA) is 76.2 Å². The maximum absolute atomic E-state index is 11.5. The zero-order valence-electron chi connectivity index (χ0n) is 11.9. The predicted octanol–water partition coefficient (Wildman–Crippen LogP) is 2.78. The van der Waals surface area contributed by atoms with Gasteiger partial charge in [0, 0.05) is 17.5 Å². The van der Waals surface area contributed by atoms with E-state index in [-0.39, 0.29) is 0 Å². The number of carboxylic acids is 1. The lowest BCUT2D eigenvalue weighted by atomic mass is 9.84. The number of nitrogens with zero attached hydrogens (tertiary/aromatic N) is 1. The molecule has 110 valence electrons. The number of aromatic nitrogens is 1. The van der Waals surface area contributed by atoms with Gasteiger partial charge in [-0.05, 0) is 23.3 Å². The third kappa shape index (κ3) is 2.56. The molecule has 0 radical (unpaired) electrons. The van der Waals surface area contributed by atoms with Crippen molar-refractivity contribution >= 4 is 16.9 Å². The Morgan fingerprint density at radius 2 is 1.68 bits per heavy atom. The normalized spacial score (nSPS) is 13.7. The van der Waals surface area contributed by atoms with Gasteiger partial charge in [-0.15, -0.1) is 0 Å². The fraction of sp³-hybridized carbons (Fsp3) is 0.111. The Labute approximate surface area is 128 Å². The molecule has 0 amide bonds. The summed E-state index contributed by atoms with van der Waals surface area (Å²) in [5.74, 6) is -1.44. The summed E-state index contributed by atoms with van der Waals surface area (Å²) in [7, 11) is 0. The minimum atomic E-state index is -1.02. The van der Waals surface area contributed by atoms with E-state index in [0.717, 1.165) is 22.0 Å². The zero-order valence-corrected chi connectivity index (χ0v) is 11.9. The van der Waals surface area contributed by atoms with E-state index in [0.29, 0.717) is 0 Å². The summed E-state index contributed by atoms with van der Waals surface area (Å²) >= 11 is 0. The lowest BCUT2D eigenvalue weighted by Gasteiger charge is -2.23. The molecule has 0 aliphatic heterocycles. The lowest BCUT2D eigenvalue weighted by Crippen LogP contribution is -2.37. The van der Waals surface area contributed by atoms with Gasteiger partial charge in [0.05, 0.1) is 5.52 Å². The summed E-state index contributed by atoms with van der Waals surface area (Å²) in [6, 6.07) is 18.0. The number of pyridine rings is 1. The number of carbonyl (C=O) groups is 1. The maximum Gasteiger partial charge on any atom is 0.321 e. The molecule has 4 heteroatoms. The fourth-order valence-corrected chi connectivity index (χ4v) is 2.77. The first-order valence-electron chi connectivity index (χ1n) is 7.05. The molecule has 2 atom stereocenters. The van der Waals surface area contributed by atoms with Crippen molar-refractivity contribution < 1.29 is 9.90 Å². The second-order valence-electron chi connectivity index (χ2n) is 5.17. The number of nitrogens with two attached hydrogens (primary N) is 1. The number of carboxylic acid groups (broad SMARTS) is 1. The van der Waals surface area contributed by atoms with E-state index in [4.69, 9.17) is 5.73 Å². The van der Waals surface area contributed by atoms with Crippen LogP contribution in [0.15, 0.2) is 66.9 Å². The van der Waals surface area contributed by atoms with E-state index in [2.05, 4.69) is 4.98 Å². The molecule has 0 aliphatic carbocycles. The first-order chi connectivity index (χ1) is 10.7. The van der Waals surface area contributed by atoms with Gasteiger partial charge in [-0.2, -0.15) is 0 Å². The summed E-state index contributed by atoms with van der Waals surface area (Å²) in [5.41, 5.74) is 8.59. The van der Waals surface area contributed by atoms with Gasteiger partial charge >= 0.3 is 5.97 Å². The molecule has 1 unspecified atom stereocenters. The van der Waals surface area contributed by atoms with Crippen molar-refractivity contribution in [3.8, 4) is 0 Å². The van der Waals surface area contributed by atoms with E-state index in [1.807, 2.05) is 60.7 Å². The third-order valence-corrected chi connectivity index (χ3v) is 3.82. The summed E-state index contributed by atoms with van der Waals surface area (Å²) in [6.07, 6.45) is 1.70. The highest BCUT2D eigenvalue weighted by atomic mass is 16.4. The molecule has 0 spiro atoms. The summed E-state index contributed by atoms with van der Waals surface area (Å²) in [6.45, 7) is 0. The second-order valence-corrected chi connectivity index (χ2v) is 5.17. The lowest BCUT2D eigenvalue weighted by molar-refractivity contribution is -0.138. The van der Waals surface area contributed by atoms with Crippen LogP contribution >= 0.6 is 0 Å². The van der Waals surface area contributed by atoms with Gasteiger partial charge in [0.2, 0.25) is 0 Å². The Morgan fingerprint density at radius 3 is 2.41 bits per heavy atom. The van der Waals surface area contributed by atoms with Crippen LogP contribution in [-0.2, 0) is 4.79 Å². The number of fused-ring (bicyclic) bond motifs is 1. The molecule has 3 N–H and O–H groups in total. The number of benzene rings is 2. The van der Waals surface area contributed by atoms with Crippen molar-refractivity contribution in [2.45, 2.75) is 12.0 Å². The van der Waals surface area contributed by atoms with Crippen molar-refractivity contribution in [3.05, 3.63) is 78.0 Å². The van der Waals surface area contributed by atoms with Gasteiger partial charge in [0.15, 0.2) is 0 Å². The van der Waals surface area contributed by atoms with Crippen LogP contribution in [0.3, 0.4) is 0 Å². The zero-order chi connectivity index (χ0) is 15.5. The Hall–Kier alpha value is -2.72. The highest BCUT2D eigenvalue weighted by Crippen LogP contribution is 2.32. The van der Waals surface area contributed by atoms with Crippen LogP contribution in [0.5, 0.6) is 0 Å². The number of hydrogen-bond acceptors (Lipinski definition) is 3. The van der Waals surface area contributed by atoms with Crippen LogP contribution in [-0.4, -0.2) is 22.1 Å². The van der Waals surface area contributed by atoms with Crippen LogP contribution in [0.1, 0.15) is 17.0 Å². The molecule has 0 aliphatic rings. The third-order valence-electron chi connectivity index (χ3n) is 3.82. The van der Waals surface area contributed by atoms with E-state index in [1.165, 1.54) is 0 Å². The number of rotatable bonds is 4. The van der Waals surface area contributed by atoms with Crippen LogP contribution in [0.2, 0.25) is 0 Å². The summed E-state index contributed by atoms with van der Waals surface area (Å²) < 4.78 is 0. The fourth-order valence-electron chi connectivity index (χ4n) is 2.77. The van der Waals surface area contributed by atoms with Crippen molar-refractivity contribution in [1.29, 1.82) is 0 Å². The van der Waals surface area contributed by atoms with Crippen molar-refractivity contribution in [2.75, 3.05) is 0 Å². The van der Waals surface area contributed by atoms with Crippen molar-refractivity contribution in [3.63, 3.8) is 0 Å². The van der Waals surface area contributed by atoms with E-state index >= 15 is 0 Å². The predicted molar refractivity (Wildman–Crippen MR) is 85.6 cm³/mol. The largest absolute Gasteiger partial charge is 0.480 e. The first-order valence-corrected chi connectivity index (χ1v) is 7.05. The smallest absolute Gasteiger partial charge is 0.321 e. The molecular formula is C18H16N2O2. The minimum absolute atomic E-state index is 0.424. The Balaban J connectivity index is 2.23. The number of para-hydroxylation sites is 1. The summed E-state index contributed by atoms with van der Waals surface area (Å²) in [5, 5.41) is 10.3. The number of aliphatic carboxylic acids is 1. The van der Waals surface area contributed by atoms with E-state index < -0.39 is 17.9 Å². The molecule has 0 saturated carbocycles. The van der Waals surface area contributed by atoms with Gasteiger partial charge in [0.25, 0.3) is 0 Å². The quantitative estimate of drug-likeness (QED) is 0.775. The maximum atomic E-state index is 11.5. The van der Waals surface area contributed by atoms with Crippen molar-refractivity contribution in [1.82, 2.24) is 4.98 Å². The molecule has 1 aromatic heterocycles. The van der Waals surface area contributed by atoms with Gasteiger partial charge in [-0.3, -0.25) is 9.78 Å². The Morgan fingerprint density at radius 1 is 1.00 bits per heavy atom. The molecule has 22 heavy (non-hydrogen) atoms. The van der Waals surface area contributed by atoms with Crippen LogP contribution in [0.25, 0.3) is 10.9 Å². The second kappa shape index (κ2) is 5.95. The van der Waals surface area contributed by atoms with Crippen LogP contribution < -0.4 is 5.73 Å². The SMILES string of the molecule is N[C@@H](C(=O)O)C(c1ccccc1)c1ccnc2ccccc12. The highest BCUT2D eigenvalue weighted by Gasteiger charge is 2.28. The van der Waals surface area contributed by atoms with Crippen LogP contribution in [0.4, 0.5) is 0 Å². The Bertz CT molecular complexity index is 797. The van der Waals surface area contributed by atoms with Gasteiger partial charge in [0.1, 0.15) is 6.04 Å². The molecule has 4 nitrogen and oxygen atoms in total. The summed E-state index contributed by atoms with van der Waals surface area (Å²) in [4.78, 5) is 15.8. The molecule has 1 heterocycles. The molecule has 0 bridgehead atoms. The average molecular weight is 292 g/mol. The monoisotopic (exact) mass is 292 g/mol. The number of hydrogen-bond donors (Lipinski definition) is 2. The molecule has 0 saturated heterocycles. The molecule has 0 fully saturated rings. The van der Waals surface area contributed by atoms with E-state index in [1.54, 1.807) is 6.20 Å². The van der Waals surface area contributed by atoms with Gasteiger partial charge in [-0.1, -0.05) is 48.5 Å². The molecule has 2 aromatic carbocycles. The highest BCUT2D eigenvalue weighted by molar-refractivity contribution is 5.85. The van der Waals surface area contributed by atoms with Crippen LogP contribution in [0, 0.1) is 0 Å². The Kier molecular flexibility index (Phi) is 3.85. The minimum Gasteiger partial charge on any atom is -0.480 e. The molecule has 3 rings (SSSR count). The van der Waals surface area contributed by atoms with Gasteiger partial charge < -0.3 is 10.8 Å².